The number of hydrogen-bond donors (Lipinski definition) is 0. The number of ether oxygens (including phenoxy) is 3. The Balaban J connectivity index is 1.56. The average molecular weight is 405 g/mol. The van der Waals surface area contributed by atoms with Gasteiger partial charge in [0.05, 0.1) is 0 Å². The van der Waals surface area contributed by atoms with E-state index in [0.29, 0.717) is 52.2 Å². The van der Waals surface area contributed by atoms with Crippen molar-refractivity contribution in [1.29, 1.82) is 0 Å². The molecule has 1 saturated heterocycles. The summed E-state index contributed by atoms with van der Waals surface area (Å²) in [7, 11) is 0. The zero-order valence-corrected chi connectivity index (χ0v) is 17.9. The van der Waals surface area contributed by atoms with Gasteiger partial charge >= 0.3 is 6.09 Å². The first-order valence-corrected chi connectivity index (χ1v) is 10.4. The Kier molecular flexibility index (Phi) is 6.55. The van der Waals surface area contributed by atoms with Gasteiger partial charge in [-0.05, 0) is 58.2 Å². The molecule has 3 rings (SSSR count). The van der Waals surface area contributed by atoms with Crippen LogP contribution in [0.25, 0.3) is 0 Å². The van der Waals surface area contributed by atoms with Crippen LogP contribution in [0.4, 0.5) is 4.79 Å². The van der Waals surface area contributed by atoms with E-state index in [2.05, 4.69) is 0 Å². The lowest BCUT2D eigenvalue weighted by Gasteiger charge is -2.35. The second kappa shape index (κ2) is 8.93. The van der Waals surface area contributed by atoms with E-state index in [0.717, 1.165) is 17.1 Å². The van der Waals surface area contributed by atoms with Crippen LogP contribution in [-0.4, -0.2) is 60.2 Å². The molecule has 7 nitrogen and oxygen atoms in total. The van der Waals surface area contributed by atoms with Crippen molar-refractivity contribution in [3.05, 3.63) is 23.8 Å². The van der Waals surface area contributed by atoms with Crippen molar-refractivity contribution in [2.45, 2.75) is 52.7 Å². The fourth-order valence-electron chi connectivity index (χ4n) is 3.65. The highest BCUT2D eigenvalue weighted by molar-refractivity contribution is 5.79. The van der Waals surface area contributed by atoms with Gasteiger partial charge in [0.1, 0.15) is 18.8 Å². The van der Waals surface area contributed by atoms with Crippen LogP contribution < -0.4 is 9.47 Å². The largest absolute Gasteiger partial charge is 0.486 e. The maximum absolute atomic E-state index is 13.1. The molecule has 0 aromatic heterocycles. The quantitative estimate of drug-likeness (QED) is 0.769. The van der Waals surface area contributed by atoms with Gasteiger partial charge in [-0.2, -0.15) is 0 Å². The van der Waals surface area contributed by atoms with Gasteiger partial charge in [-0.3, -0.25) is 4.79 Å². The number of benzene rings is 1. The lowest BCUT2D eigenvalue weighted by Crippen LogP contribution is -2.45. The lowest BCUT2D eigenvalue weighted by molar-refractivity contribution is -0.137. The van der Waals surface area contributed by atoms with Crippen LogP contribution in [0.2, 0.25) is 0 Å². The maximum atomic E-state index is 13.1. The summed E-state index contributed by atoms with van der Waals surface area (Å²) in [6.45, 7) is 11.0. The predicted octanol–water partition coefficient (Wildman–Crippen LogP) is 3.45. The van der Waals surface area contributed by atoms with E-state index in [1.165, 1.54) is 0 Å². The van der Waals surface area contributed by atoms with Gasteiger partial charge in [0, 0.05) is 32.1 Å². The number of fused-ring (bicyclic) bond motifs is 1. The molecule has 2 heterocycles. The second-order valence-corrected chi connectivity index (χ2v) is 8.57. The molecule has 0 spiro atoms. The highest BCUT2D eigenvalue weighted by atomic mass is 16.6. The van der Waals surface area contributed by atoms with Crippen molar-refractivity contribution >= 4 is 12.0 Å². The van der Waals surface area contributed by atoms with Crippen LogP contribution in [0.3, 0.4) is 0 Å². The minimum Gasteiger partial charge on any atom is -0.486 e. The van der Waals surface area contributed by atoms with Crippen LogP contribution in [-0.2, 0) is 16.1 Å². The van der Waals surface area contributed by atoms with Crippen LogP contribution in [0.5, 0.6) is 11.5 Å². The summed E-state index contributed by atoms with van der Waals surface area (Å²) in [5.74, 6) is 1.57. The summed E-state index contributed by atoms with van der Waals surface area (Å²) in [4.78, 5) is 28.9. The molecule has 7 heteroatoms. The molecule has 2 aliphatic heterocycles. The zero-order chi connectivity index (χ0) is 21.0. The summed E-state index contributed by atoms with van der Waals surface area (Å²) in [6, 6.07) is 5.84. The molecular formula is C22H32N2O5. The Labute approximate surface area is 172 Å². The van der Waals surface area contributed by atoms with Gasteiger partial charge in [-0.1, -0.05) is 6.07 Å². The van der Waals surface area contributed by atoms with Crippen LogP contribution in [0.15, 0.2) is 18.2 Å². The van der Waals surface area contributed by atoms with Gasteiger partial charge in [0.25, 0.3) is 0 Å². The fourth-order valence-corrected chi connectivity index (χ4v) is 3.65. The Morgan fingerprint density at radius 3 is 2.41 bits per heavy atom. The molecule has 0 bridgehead atoms. The zero-order valence-electron chi connectivity index (χ0n) is 17.9. The third-order valence-electron chi connectivity index (χ3n) is 5.17. The highest BCUT2D eigenvalue weighted by Crippen LogP contribution is 2.31. The third-order valence-corrected chi connectivity index (χ3v) is 5.17. The smallest absolute Gasteiger partial charge is 0.410 e. The van der Waals surface area contributed by atoms with E-state index < -0.39 is 5.60 Å². The SMILES string of the molecule is CCN(Cc1ccc2c(c1)OCCO2)C(=O)C1CCN(C(=O)OC(C)(C)C)CC1. The molecule has 29 heavy (non-hydrogen) atoms. The molecule has 160 valence electrons. The van der Waals surface area contributed by atoms with Gasteiger partial charge in [0.15, 0.2) is 11.5 Å². The number of rotatable bonds is 4. The van der Waals surface area contributed by atoms with Crippen molar-refractivity contribution in [3.63, 3.8) is 0 Å². The summed E-state index contributed by atoms with van der Waals surface area (Å²) >= 11 is 0. The first-order valence-electron chi connectivity index (χ1n) is 10.4. The molecule has 0 N–H and O–H groups in total. The number of nitrogens with zero attached hydrogens (tertiary/aromatic N) is 2. The number of carbonyl (C=O) groups excluding carboxylic acids is 2. The number of amides is 2. The molecule has 2 amide bonds. The summed E-state index contributed by atoms with van der Waals surface area (Å²) < 4.78 is 16.6. The van der Waals surface area contributed by atoms with Gasteiger partial charge in [0.2, 0.25) is 5.91 Å². The first kappa shape index (κ1) is 21.3. The van der Waals surface area contributed by atoms with Crippen molar-refractivity contribution in [2.75, 3.05) is 32.8 Å². The maximum Gasteiger partial charge on any atom is 0.410 e. The van der Waals surface area contributed by atoms with E-state index in [4.69, 9.17) is 14.2 Å². The van der Waals surface area contributed by atoms with Crippen molar-refractivity contribution in [3.8, 4) is 11.5 Å². The molecule has 1 fully saturated rings. The van der Waals surface area contributed by atoms with Crippen molar-refractivity contribution in [2.24, 2.45) is 5.92 Å². The molecular weight excluding hydrogens is 372 g/mol. The normalized spacial score (nSPS) is 17.0. The molecule has 0 aliphatic carbocycles. The molecule has 1 aromatic rings. The Morgan fingerprint density at radius 2 is 1.79 bits per heavy atom. The second-order valence-electron chi connectivity index (χ2n) is 8.57. The van der Waals surface area contributed by atoms with E-state index in [-0.39, 0.29) is 17.9 Å². The Bertz CT molecular complexity index is 735. The monoisotopic (exact) mass is 404 g/mol. The fraction of sp³-hybridized carbons (Fsp3) is 0.636. The highest BCUT2D eigenvalue weighted by Gasteiger charge is 2.31. The third kappa shape index (κ3) is 5.55. The topological polar surface area (TPSA) is 68.3 Å². The van der Waals surface area contributed by atoms with Crippen molar-refractivity contribution in [1.82, 2.24) is 9.80 Å². The summed E-state index contributed by atoms with van der Waals surface area (Å²) in [6.07, 6.45) is 1.03. The van der Waals surface area contributed by atoms with E-state index in [1.54, 1.807) is 4.90 Å². The minimum atomic E-state index is -0.508. The molecule has 1 aromatic carbocycles. The molecule has 0 saturated carbocycles. The van der Waals surface area contributed by atoms with Gasteiger partial charge in [-0.25, -0.2) is 4.79 Å². The molecule has 2 aliphatic rings. The van der Waals surface area contributed by atoms with Crippen molar-refractivity contribution < 1.29 is 23.8 Å². The van der Waals surface area contributed by atoms with Crippen LogP contribution >= 0.6 is 0 Å². The molecule has 0 radical (unpaired) electrons. The number of carbonyl (C=O) groups is 2. The lowest BCUT2D eigenvalue weighted by atomic mass is 9.95. The first-order chi connectivity index (χ1) is 13.8. The van der Waals surface area contributed by atoms with Gasteiger partial charge in [-0.15, -0.1) is 0 Å². The number of hydrogen-bond acceptors (Lipinski definition) is 5. The predicted molar refractivity (Wildman–Crippen MR) is 109 cm³/mol. The molecule has 0 unspecified atom stereocenters. The van der Waals surface area contributed by atoms with E-state index >= 15 is 0 Å². The Morgan fingerprint density at radius 1 is 1.14 bits per heavy atom. The van der Waals surface area contributed by atoms with Gasteiger partial charge < -0.3 is 24.0 Å². The Hall–Kier alpha value is -2.44. The number of piperidine rings is 1. The summed E-state index contributed by atoms with van der Waals surface area (Å²) in [5, 5.41) is 0. The molecule has 0 atom stereocenters. The number of likely N-dealkylation sites (tertiary alicyclic amines) is 1. The average Bonchev–Trinajstić information content (AvgIpc) is 2.70. The summed E-state index contributed by atoms with van der Waals surface area (Å²) in [5.41, 5.74) is 0.516. The van der Waals surface area contributed by atoms with Crippen LogP contribution in [0.1, 0.15) is 46.1 Å². The minimum absolute atomic E-state index is 0.0640. The standard InChI is InChI=1S/C22H32N2O5/c1-5-23(15-16-6-7-18-19(14-16)28-13-12-27-18)20(25)17-8-10-24(11-9-17)21(26)29-22(2,3)4/h6-7,14,17H,5,8-13,15H2,1-4H3. The van der Waals surface area contributed by atoms with E-state index in [1.807, 2.05) is 50.8 Å². The van der Waals surface area contributed by atoms with E-state index in [9.17, 15) is 9.59 Å². The van der Waals surface area contributed by atoms with Crippen LogP contribution in [0, 0.1) is 5.92 Å².